The summed E-state index contributed by atoms with van der Waals surface area (Å²) in [5, 5.41) is 3.03. The summed E-state index contributed by atoms with van der Waals surface area (Å²) < 4.78 is 0. The van der Waals surface area contributed by atoms with Crippen LogP contribution in [0, 0.1) is 13.8 Å². The molecule has 0 bridgehead atoms. The lowest BCUT2D eigenvalue weighted by molar-refractivity contribution is 0.102. The predicted molar refractivity (Wildman–Crippen MR) is 77.5 cm³/mol. The van der Waals surface area contributed by atoms with E-state index >= 15 is 0 Å². The molecule has 0 aliphatic rings. The van der Waals surface area contributed by atoms with E-state index < -0.39 is 0 Å². The van der Waals surface area contributed by atoms with Crippen LogP contribution in [-0.4, -0.2) is 10.9 Å². The van der Waals surface area contributed by atoms with Crippen molar-refractivity contribution >= 4 is 29.0 Å². The molecule has 19 heavy (non-hydrogen) atoms. The molecule has 0 atom stereocenters. The topological polar surface area (TPSA) is 68.0 Å². The maximum absolute atomic E-state index is 12.2. The normalized spacial score (nSPS) is 10.3. The number of hydrogen-bond donors (Lipinski definition) is 2. The number of hydrogen-bond acceptors (Lipinski definition) is 3. The number of nitrogen functional groups attached to an aromatic ring is 1. The van der Waals surface area contributed by atoms with E-state index in [1.54, 1.807) is 24.3 Å². The highest BCUT2D eigenvalue weighted by atomic mass is 35.5. The van der Waals surface area contributed by atoms with Crippen LogP contribution in [-0.2, 0) is 0 Å². The van der Waals surface area contributed by atoms with Gasteiger partial charge in [-0.3, -0.25) is 4.79 Å². The van der Waals surface area contributed by atoms with Gasteiger partial charge in [-0.15, -0.1) is 0 Å². The molecule has 0 saturated carbocycles. The van der Waals surface area contributed by atoms with E-state index in [2.05, 4.69) is 10.3 Å². The van der Waals surface area contributed by atoms with Crippen molar-refractivity contribution in [3.8, 4) is 0 Å². The molecule has 0 aliphatic carbocycles. The number of aryl methyl sites for hydroxylation is 2. The first-order chi connectivity index (χ1) is 8.97. The van der Waals surface area contributed by atoms with Gasteiger partial charge in [-0.2, -0.15) is 0 Å². The lowest BCUT2D eigenvalue weighted by Crippen LogP contribution is -2.15. The Morgan fingerprint density at radius 3 is 2.68 bits per heavy atom. The van der Waals surface area contributed by atoms with Gasteiger partial charge in [0.25, 0.3) is 5.91 Å². The average Bonchev–Trinajstić information content (AvgIpc) is 2.26. The lowest BCUT2D eigenvalue weighted by Gasteiger charge is -2.09. The molecule has 5 heteroatoms. The van der Waals surface area contributed by atoms with Crippen molar-refractivity contribution in [1.29, 1.82) is 0 Å². The summed E-state index contributed by atoms with van der Waals surface area (Å²) >= 11 is 5.99. The van der Waals surface area contributed by atoms with E-state index in [0.29, 0.717) is 16.5 Å². The molecular formula is C14H14ClN3O. The van der Waals surface area contributed by atoms with Crippen LogP contribution in [0.4, 0.5) is 11.5 Å². The highest BCUT2D eigenvalue weighted by Crippen LogP contribution is 2.23. The highest BCUT2D eigenvalue weighted by molar-refractivity contribution is 6.35. The first-order valence-corrected chi connectivity index (χ1v) is 6.16. The molecule has 4 nitrogen and oxygen atoms in total. The zero-order valence-corrected chi connectivity index (χ0v) is 11.5. The molecule has 2 rings (SSSR count). The third-order valence-corrected chi connectivity index (χ3v) is 2.93. The molecule has 1 aromatic heterocycles. The summed E-state index contributed by atoms with van der Waals surface area (Å²) in [7, 11) is 0. The zero-order valence-electron chi connectivity index (χ0n) is 10.7. The fourth-order valence-corrected chi connectivity index (χ4v) is 2.13. The molecule has 1 heterocycles. The van der Waals surface area contributed by atoms with Crippen LogP contribution in [0.25, 0.3) is 0 Å². The van der Waals surface area contributed by atoms with Crippen molar-refractivity contribution < 1.29 is 4.79 Å². The van der Waals surface area contributed by atoms with E-state index in [1.807, 2.05) is 19.9 Å². The maximum Gasteiger partial charge on any atom is 0.260 e. The molecule has 1 amide bonds. The number of aromatic nitrogens is 1. The van der Waals surface area contributed by atoms with Crippen molar-refractivity contribution in [2.45, 2.75) is 13.8 Å². The average molecular weight is 276 g/mol. The van der Waals surface area contributed by atoms with Gasteiger partial charge >= 0.3 is 0 Å². The van der Waals surface area contributed by atoms with Crippen LogP contribution in [0.2, 0.25) is 5.02 Å². The van der Waals surface area contributed by atoms with Gasteiger partial charge in [0.2, 0.25) is 0 Å². The number of halogens is 1. The molecule has 0 aliphatic heterocycles. The first-order valence-electron chi connectivity index (χ1n) is 5.78. The van der Waals surface area contributed by atoms with Crippen LogP contribution in [0.5, 0.6) is 0 Å². The Bertz CT molecular complexity index is 600. The quantitative estimate of drug-likeness (QED) is 0.827. The number of nitrogens with one attached hydrogen (secondary N) is 1. The van der Waals surface area contributed by atoms with Crippen LogP contribution in [0.15, 0.2) is 30.3 Å². The zero-order chi connectivity index (χ0) is 14.0. The van der Waals surface area contributed by atoms with Crippen LogP contribution >= 0.6 is 11.6 Å². The van der Waals surface area contributed by atoms with Gasteiger partial charge in [0.1, 0.15) is 5.82 Å². The third kappa shape index (κ3) is 3.03. The van der Waals surface area contributed by atoms with Gasteiger partial charge in [-0.25, -0.2) is 4.98 Å². The minimum Gasteiger partial charge on any atom is -0.398 e. The van der Waals surface area contributed by atoms with Crippen LogP contribution < -0.4 is 11.1 Å². The maximum atomic E-state index is 12.2. The number of anilines is 2. The smallest absolute Gasteiger partial charge is 0.260 e. The standard InChI is InChI=1S/C14H14ClN3O/c1-8-6-9(2)17-12(7-8)18-14(19)13-10(15)4-3-5-11(13)16/h3-7H,16H2,1-2H3,(H,17,18,19). The SMILES string of the molecule is Cc1cc(C)nc(NC(=O)c2c(N)cccc2Cl)c1. The summed E-state index contributed by atoms with van der Waals surface area (Å²) in [6, 6.07) is 8.68. The second kappa shape index (κ2) is 5.28. The second-order valence-electron chi connectivity index (χ2n) is 4.33. The minimum atomic E-state index is -0.361. The molecule has 3 N–H and O–H groups in total. The molecular weight excluding hydrogens is 262 g/mol. The summed E-state index contributed by atoms with van der Waals surface area (Å²) in [6.07, 6.45) is 0. The van der Waals surface area contributed by atoms with E-state index in [-0.39, 0.29) is 11.5 Å². The highest BCUT2D eigenvalue weighted by Gasteiger charge is 2.14. The molecule has 98 valence electrons. The van der Waals surface area contributed by atoms with Gasteiger partial charge < -0.3 is 11.1 Å². The minimum absolute atomic E-state index is 0.269. The van der Waals surface area contributed by atoms with Gasteiger partial charge in [0.05, 0.1) is 10.6 Å². The third-order valence-electron chi connectivity index (χ3n) is 2.61. The molecule has 0 radical (unpaired) electrons. The molecule has 0 fully saturated rings. The monoisotopic (exact) mass is 275 g/mol. The number of amides is 1. The summed E-state index contributed by atoms with van der Waals surface area (Å²) in [6.45, 7) is 3.81. The van der Waals surface area contributed by atoms with E-state index in [1.165, 1.54) is 0 Å². The summed E-state index contributed by atoms with van der Waals surface area (Å²) in [5.74, 6) is 0.127. The Labute approximate surface area is 116 Å². The van der Waals surface area contributed by atoms with Crippen LogP contribution in [0.3, 0.4) is 0 Å². The Balaban J connectivity index is 2.31. The van der Waals surface area contributed by atoms with Crippen molar-refractivity contribution in [2.24, 2.45) is 0 Å². The van der Waals surface area contributed by atoms with Crippen molar-refractivity contribution in [3.05, 3.63) is 52.2 Å². The molecule has 0 spiro atoms. The fraction of sp³-hybridized carbons (Fsp3) is 0.143. The molecule has 2 aromatic rings. The predicted octanol–water partition coefficient (Wildman–Crippen LogP) is 3.19. The fourth-order valence-electron chi connectivity index (χ4n) is 1.86. The number of carbonyl (C=O) groups is 1. The number of nitrogens with zero attached hydrogens (tertiary/aromatic N) is 1. The lowest BCUT2D eigenvalue weighted by atomic mass is 10.1. The number of carbonyl (C=O) groups excluding carboxylic acids is 1. The number of rotatable bonds is 2. The summed E-state index contributed by atoms with van der Waals surface area (Å²) in [4.78, 5) is 16.4. The van der Waals surface area contributed by atoms with Gasteiger partial charge in [0.15, 0.2) is 0 Å². The van der Waals surface area contributed by atoms with Gasteiger partial charge in [0, 0.05) is 11.4 Å². The number of nitrogens with two attached hydrogens (primary N) is 1. The molecule has 1 aromatic carbocycles. The van der Waals surface area contributed by atoms with E-state index in [0.717, 1.165) is 11.3 Å². The van der Waals surface area contributed by atoms with Crippen molar-refractivity contribution in [2.75, 3.05) is 11.1 Å². The van der Waals surface area contributed by atoms with Crippen LogP contribution in [0.1, 0.15) is 21.6 Å². The number of pyridine rings is 1. The van der Waals surface area contributed by atoms with Gasteiger partial charge in [-0.1, -0.05) is 17.7 Å². The van der Waals surface area contributed by atoms with Crippen molar-refractivity contribution in [1.82, 2.24) is 4.98 Å². The Kier molecular flexibility index (Phi) is 3.71. The Morgan fingerprint density at radius 2 is 2.05 bits per heavy atom. The number of benzene rings is 1. The van der Waals surface area contributed by atoms with E-state index in [4.69, 9.17) is 17.3 Å². The first kappa shape index (κ1) is 13.4. The van der Waals surface area contributed by atoms with E-state index in [9.17, 15) is 4.79 Å². The Hall–Kier alpha value is -2.07. The largest absolute Gasteiger partial charge is 0.398 e. The molecule has 0 saturated heterocycles. The molecule has 0 unspecified atom stereocenters. The van der Waals surface area contributed by atoms with Crippen molar-refractivity contribution in [3.63, 3.8) is 0 Å². The Morgan fingerprint density at radius 1 is 1.32 bits per heavy atom. The van der Waals surface area contributed by atoms with Gasteiger partial charge in [-0.05, 0) is 43.7 Å². The summed E-state index contributed by atoms with van der Waals surface area (Å²) in [5.41, 5.74) is 8.24. The second-order valence-corrected chi connectivity index (χ2v) is 4.74.